The van der Waals surface area contributed by atoms with E-state index in [4.69, 9.17) is 4.74 Å². The van der Waals surface area contributed by atoms with Crippen LogP contribution in [0.25, 0.3) is 3.58 Å². The minimum absolute atomic E-state index is 0.144. The van der Waals surface area contributed by atoms with Gasteiger partial charge < -0.3 is 4.74 Å². The van der Waals surface area contributed by atoms with Gasteiger partial charge in [-0.2, -0.15) is 0 Å². The van der Waals surface area contributed by atoms with Crippen molar-refractivity contribution in [2.24, 2.45) is 4.99 Å². The van der Waals surface area contributed by atoms with Gasteiger partial charge in [0.25, 0.3) is 0 Å². The minimum Gasteiger partial charge on any atom is -0.465 e. The van der Waals surface area contributed by atoms with Crippen molar-refractivity contribution in [2.45, 2.75) is 26.2 Å². The summed E-state index contributed by atoms with van der Waals surface area (Å²) in [5.74, 6) is -0.195. The lowest BCUT2D eigenvalue weighted by atomic mass is 10.0. The van der Waals surface area contributed by atoms with Crippen LogP contribution in [0, 0.1) is 0 Å². The van der Waals surface area contributed by atoms with Gasteiger partial charge in [-0.25, -0.2) is 9.79 Å². The Balaban J connectivity index is 1.91. The van der Waals surface area contributed by atoms with E-state index in [1.165, 1.54) is 12.7 Å². The largest absolute Gasteiger partial charge is 0.465 e. The van der Waals surface area contributed by atoms with E-state index in [1.807, 2.05) is 24.3 Å². The highest BCUT2D eigenvalue weighted by Gasteiger charge is 2.16. The lowest BCUT2D eigenvalue weighted by Crippen LogP contribution is -2.15. The molecule has 168 valence electrons. The van der Waals surface area contributed by atoms with Crippen molar-refractivity contribution in [3.63, 3.8) is 0 Å². The van der Waals surface area contributed by atoms with Crippen LogP contribution in [0.1, 0.15) is 53.2 Å². The molecule has 0 bridgehead atoms. The van der Waals surface area contributed by atoms with Crippen molar-refractivity contribution in [2.75, 3.05) is 7.11 Å². The summed E-state index contributed by atoms with van der Waals surface area (Å²) in [6.07, 6.45) is 2.23. The Labute approximate surface area is 208 Å². The molecule has 0 atom stereocenters. The van der Waals surface area contributed by atoms with Crippen LogP contribution in [0.15, 0.2) is 89.9 Å². The van der Waals surface area contributed by atoms with Crippen molar-refractivity contribution < 1.29 is 14.3 Å². The Morgan fingerprint density at radius 3 is 2.18 bits per heavy atom. The molecular formula is C28H26INO3. The zero-order chi connectivity index (χ0) is 23.8. The number of hydrogen-bond donors (Lipinski definition) is 0. The summed E-state index contributed by atoms with van der Waals surface area (Å²) in [4.78, 5) is 30.0. The van der Waals surface area contributed by atoms with Crippen LogP contribution in [0.4, 0.5) is 5.69 Å². The second kappa shape index (κ2) is 11.7. The van der Waals surface area contributed by atoms with Gasteiger partial charge in [-0.15, -0.1) is 0 Å². The van der Waals surface area contributed by atoms with E-state index < -0.39 is 5.97 Å². The molecule has 0 aliphatic heterocycles. The molecular weight excluding hydrogens is 525 g/mol. The van der Waals surface area contributed by atoms with E-state index in [2.05, 4.69) is 65.7 Å². The molecule has 0 aliphatic rings. The minimum atomic E-state index is -0.521. The third-order valence-corrected chi connectivity index (χ3v) is 6.25. The number of rotatable bonds is 8. The highest BCUT2D eigenvalue weighted by atomic mass is 127. The van der Waals surface area contributed by atoms with Gasteiger partial charge in [0.2, 0.25) is 0 Å². The maximum atomic E-state index is 13.0. The molecule has 0 heterocycles. The number of esters is 1. The summed E-state index contributed by atoms with van der Waals surface area (Å²) < 4.78 is 5.97. The Bertz CT molecular complexity index is 1180. The maximum Gasteiger partial charge on any atom is 0.352 e. The monoisotopic (exact) mass is 551 g/mol. The Kier molecular flexibility index (Phi) is 8.72. The molecule has 5 heteroatoms. The Morgan fingerprint density at radius 1 is 0.909 bits per heavy atom. The summed E-state index contributed by atoms with van der Waals surface area (Å²) in [6, 6.07) is 24.5. The van der Waals surface area contributed by atoms with Crippen molar-refractivity contribution >= 4 is 49.3 Å². The number of nitrogens with zero attached hydrogens (tertiary/aromatic N) is 1. The molecule has 0 aliphatic carbocycles. The summed E-state index contributed by atoms with van der Waals surface area (Å²) in [5.41, 5.74) is 4.03. The first-order valence-electron chi connectivity index (χ1n) is 10.7. The molecule has 0 fully saturated rings. The first-order valence-corrected chi connectivity index (χ1v) is 11.8. The van der Waals surface area contributed by atoms with Crippen molar-refractivity contribution in [1.29, 1.82) is 0 Å². The number of halogens is 1. The van der Waals surface area contributed by atoms with Crippen LogP contribution in [0.2, 0.25) is 0 Å². The maximum absolute atomic E-state index is 13.0. The van der Waals surface area contributed by atoms with E-state index in [0.717, 1.165) is 9.14 Å². The number of ether oxygens (including phenoxy) is 1. The second-order valence-corrected chi connectivity index (χ2v) is 8.96. The van der Waals surface area contributed by atoms with Gasteiger partial charge in [-0.05, 0) is 51.8 Å². The zero-order valence-electron chi connectivity index (χ0n) is 18.9. The van der Waals surface area contributed by atoms with Gasteiger partial charge in [-0.1, -0.05) is 86.7 Å². The van der Waals surface area contributed by atoms with Crippen LogP contribution in [0.3, 0.4) is 0 Å². The Hall–Kier alpha value is -3.06. The number of benzene rings is 3. The zero-order valence-corrected chi connectivity index (χ0v) is 21.1. The van der Waals surface area contributed by atoms with Crippen LogP contribution < -0.4 is 0 Å². The lowest BCUT2D eigenvalue weighted by Gasteiger charge is -2.08. The SMILES string of the molecule is COC(=O)C(C/C=C(\I)c1ccc(C(C)C)cc1)=Nc1ccccc1C(=O)c1ccccc1. The molecule has 0 amide bonds. The van der Waals surface area contributed by atoms with Crippen LogP contribution >= 0.6 is 22.6 Å². The number of carbonyl (C=O) groups excluding carboxylic acids is 2. The fourth-order valence-electron chi connectivity index (χ4n) is 3.28. The highest BCUT2D eigenvalue weighted by Crippen LogP contribution is 2.26. The van der Waals surface area contributed by atoms with Crippen LogP contribution in [0.5, 0.6) is 0 Å². The molecule has 3 rings (SSSR count). The molecule has 0 saturated heterocycles. The third kappa shape index (κ3) is 6.48. The number of hydrogen-bond acceptors (Lipinski definition) is 4. The molecule has 3 aromatic carbocycles. The summed E-state index contributed by atoms with van der Waals surface area (Å²) in [5, 5.41) is 0. The number of ketones is 1. The number of methoxy groups -OCH3 is 1. The smallest absolute Gasteiger partial charge is 0.352 e. The molecule has 33 heavy (non-hydrogen) atoms. The van der Waals surface area contributed by atoms with Gasteiger partial charge in [0.15, 0.2) is 5.78 Å². The molecule has 0 N–H and O–H groups in total. The average Bonchev–Trinajstić information content (AvgIpc) is 2.86. The van der Waals surface area contributed by atoms with E-state index >= 15 is 0 Å². The topological polar surface area (TPSA) is 55.7 Å². The average molecular weight is 551 g/mol. The molecule has 4 nitrogen and oxygen atoms in total. The molecule has 0 spiro atoms. The van der Waals surface area contributed by atoms with Gasteiger partial charge >= 0.3 is 5.97 Å². The number of para-hydroxylation sites is 1. The first-order chi connectivity index (χ1) is 15.9. The van der Waals surface area contributed by atoms with Gasteiger partial charge in [0.05, 0.1) is 12.8 Å². The van der Waals surface area contributed by atoms with Gasteiger partial charge in [0, 0.05) is 21.1 Å². The number of aliphatic imine (C=N–C) groups is 1. The van der Waals surface area contributed by atoms with Crippen molar-refractivity contribution in [3.05, 3.63) is 107 Å². The normalized spacial score (nSPS) is 12.0. The first kappa shape index (κ1) is 24.6. The predicted octanol–water partition coefficient (Wildman–Crippen LogP) is 7.15. The van der Waals surface area contributed by atoms with Gasteiger partial charge in [-0.3, -0.25) is 4.79 Å². The van der Waals surface area contributed by atoms with E-state index in [0.29, 0.717) is 22.7 Å². The van der Waals surface area contributed by atoms with Crippen LogP contribution in [-0.2, 0) is 9.53 Å². The Morgan fingerprint density at radius 2 is 1.55 bits per heavy atom. The predicted molar refractivity (Wildman–Crippen MR) is 143 cm³/mol. The van der Waals surface area contributed by atoms with Gasteiger partial charge in [0.1, 0.15) is 5.71 Å². The van der Waals surface area contributed by atoms with E-state index in [9.17, 15) is 9.59 Å². The van der Waals surface area contributed by atoms with E-state index in [1.54, 1.807) is 36.4 Å². The third-order valence-electron chi connectivity index (χ3n) is 5.19. The van der Waals surface area contributed by atoms with Crippen molar-refractivity contribution in [1.82, 2.24) is 0 Å². The standard InChI is InChI=1S/C28H26INO3/c1-19(2)20-13-15-21(16-14-20)24(29)17-18-26(28(32)33-3)30-25-12-8-7-11-23(25)27(31)22-9-5-4-6-10-22/h4-17,19H,18H2,1-3H3/b24-17-,30-26?. The van der Waals surface area contributed by atoms with Crippen molar-refractivity contribution in [3.8, 4) is 0 Å². The lowest BCUT2D eigenvalue weighted by molar-refractivity contribution is -0.132. The molecule has 0 unspecified atom stereocenters. The highest BCUT2D eigenvalue weighted by molar-refractivity contribution is 14.1. The molecule has 0 saturated carbocycles. The quantitative estimate of drug-likeness (QED) is 0.129. The summed E-state index contributed by atoms with van der Waals surface area (Å²) in [6.45, 7) is 4.32. The molecule has 3 aromatic rings. The van der Waals surface area contributed by atoms with Crippen LogP contribution in [-0.4, -0.2) is 24.6 Å². The van der Waals surface area contributed by atoms with E-state index in [-0.39, 0.29) is 17.9 Å². The summed E-state index contributed by atoms with van der Waals surface area (Å²) >= 11 is 2.26. The second-order valence-electron chi connectivity index (χ2n) is 7.80. The number of allylic oxidation sites excluding steroid dienone is 1. The molecule has 0 aromatic heterocycles. The summed E-state index contributed by atoms with van der Waals surface area (Å²) in [7, 11) is 1.33. The fourth-order valence-corrected chi connectivity index (χ4v) is 3.86. The number of carbonyl (C=O) groups is 2. The fraction of sp³-hybridized carbons (Fsp3) is 0.179. The molecule has 0 radical (unpaired) electrons.